The number of nitrogens with zero attached hydrogens (tertiary/aromatic N) is 3. The molecule has 2 aromatic carbocycles. The number of alkyl halides is 3. The van der Waals surface area contributed by atoms with Crippen LogP contribution in [0.4, 0.5) is 18.9 Å². The summed E-state index contributed by atoms with van der Waals surface area (Å²) in [5.74, 6) is -0.431. The average Bonchev–Trinajstić information content (AvgIpc) is 2.94. The lowest BCUT2D eigenvalue weighted by Crippen LogP contribution is -2.39. The summed E-state index contributed by atoms with van der Waals surface area (Å²) in [5, 5.41) is 0.286. The number of pyridine rings is 1. The number of fused-ring (bicyclic) bond motifs is 1. The Bertz CT molecular complexity index is 1390. The molecular formula is C29H36F3N3O4S. The highest BCUT2D eigenvalue weighted by molar-refractivity contribution is 7.91. The van der Waals surface area contributed by atoms with Crippen molar-refractivity contribution in [1.82, 2.24) is 9.88 Å². The van der Waals surface area contributed by atoms with Gasteiger partial charge in [-0.25, -0.2) is 8.42 Å². The topological polar surface area (TPSA) is 72.0 Å². The van der Waals surface area contributed by atoms with E-state index in [0.29, 0.717) is 43.7 Å². The normalized spacial score (nSPS) is 15.2. The fourth-order valence-electron chi connectivity index (χ4n) is 5.03. The number of anilines is 1. The van der Waals surface area contributed by atoms with Crippen LogP contribution in [0.25, 0.3) is 10.9 Å². The minimum absolute atomic E-state index is 0.0192. The SMILES string of the molecule is CCc1ccc(S(=O)(=O)c2cnc3ccc(OC(F)(F)F)cc3c2N2CCC(OCCN(CC)CC)CC2)cc1. The van der Waals surface area contributed by atoms with Gasteiger partial charge in [0.25, 0.3) is 0 Å². The molecule has 2 heterocycles. The van der Waals surface area contributed by atoms with Crippen molar-refractivity contribution in [3.63, 3.8) is 0 Å². The van der Waals surface area contributed by atoms with E-state index in [-0.39, 0.29) is 21.3 Å². The van der Waals surface area contributed by atoms with Gasteiger partial charge in [-0.1, -0.05) is 32.9 Å². The zero-order valence-electron chi connectivity index (χ0n) is 23.1. The zero-order valence-corrected chi connectivity index (χ0v) is 23.9. The maximum absolute atomic E-state index is 13.9. The summed E-state index contributed by atoms with van der Waals surface area (Å²) in [5.41, 5.74) is 1.70. The van der Waals surface area contributed by atoms with Gasteiger partial charge in [-0.2, -0.15) is 0 Å². The summed E-state index contributed by atoms with van der Waals surface area (Å²) in [6.07, 6.45) is -1.48. The Kier molecular flexibility index (Phi) is 9.58. The average molecular weight is 580 g/mol. The highest BCUT2D eigenvalue weighted by Crippen LogP contribution is 2.39. The Labute approximate surface area is 233 Å². The van der Waals surface area contributed by atoms with Gasteiger partial charge in [0.2, 0.25) is 9.84 Å². The van der Waals surface area contributed by atoms with E-state index in [0.717, 1.165) is 31.6 Å². The van der Waals surface area contributed by atoms with Crippen molar-refractivity contribution in [1.29, 1.82) is 0 Å². The molecule has 1 aliphatic rings. The van der Waals surface area contributed by atoms with Crippen LogP contribution in [0.5, 0.6) is 5.75 Å². The van der Waals surface area contributed by atoms with Crippen LogP contribution in [0.1, 0.15) is 39.2 Å². The number of halogens is 3. The van der Waals surface area contributed by atoms with Crippen LogP contribution in [0.3, 0.4) is 0 Å². The first-order valence-corrected chi connectivity index (χ1v) is 15.2. The van der Waals surface area contributed by atoms with Crippen molar-refractivity contribution in [2.75, 3.05) is 44.2 Å². The number of ether oxygens (including phenoxy) is 2. The minimum Gasteiger partial charge on any atom is -0.406 e. The first kappa shape index (κ1) is 30.1. The van der Waals surface area contributed by atoms with Gasteiger partial charge in [0.15, 0.2) is 0 Å². The number of sulfone groups is 1. The Balaban J connectivity index is 1.69. The molecule has 11 heteroatoms. The van der Waals surface area contributed by atoms with Crippen LogP contribution in [0.15, 0.2) is 58.5 Å². The molecule has 0 atom stereocenters. The van der Waals surface area contributed by atoms with E-state index in [1.807, 2.05) is 11.8 Å². The zero-order chi connectivity index (χ0) is 28.9. The maximum atomic E-state index is 13.9. The van der Waals surface area contributed by atoms with E-state index in [9.17, 15) is 21.6 Å². The van der Waals surface area contributed by atoms with Gasteiger partial charge in [0.1, 0.15) is 10.6 Å². The van der Waals surface area contributed by atoms with E-state index in [1.165, 1.54) is 24.4 Å². The molecule has 1 saturated heterocycles. The second-order valence-electron chi connectivity index (χ2n) is 9.78. The van der Waals surface area contributed by atoms with Crippen molar-refractivity contribution in [2.45, 2.75) is 62.3 Å². The highest BCUT2D eigenvalue weighted by Gasteiger charge is 2.33. The minimum atomic E-state index is -4.88. The maximum Gasteiger partial charge on any atom is 0.573 e. The van der Waals surface area contributed by atoms with Gasteiger partial charge in [0.05, 0.1) is 28.8 Å². The predicted molar refractivity (Wildman–Crippen MR) is 149 cm³/mol. The van der Waals surface area contributed by atoms with Crippen LogP contribution < -0.4 is 9.64 Å². The Morgan fingerprint density at radius 2 is 1.70 bits per heavy atom. The lowest BCUT2D eigenvalue weighted by molar-refractivity contribution is -0.274. The van der Waals surface area contributed by atoms with Gasteiger partial charge in [0, 0.05) is 31.2 Å². The predicted octanol–water partition coefficient (Wildman–Crippen LogP) is 5.86. The molecule has 0 radical (unpaired) electrons. The lowest BCUT2D eigenvalue weighted by Gasteiger charge is -2.35. The van der Waals surface area contributed by atoms with Gasteiger partial charge < -0.3 is 19.3 Å². The fraction of sp³-hybridized carbons (Fsp3) is 0.483. The van der Waals surface area contributed by atoms with Gasteiger partial charge >= 0.3 is 6.36 Å². The highest BCUT2D eigenvalue weighted by atomic mass is 32.2. The summed E-state index contributed by atoms with van der Waals surface area (Å²) >= 11 is 0. The number of aromatic nitrogens is 1. The first-order valence-electron chi connectivity index (χ1n) is 13.7. The molecule has 1 fully saturated rings. The molecule has 0 saturated carbocycles. The molecule has 7 nitrogen and oxygen atoms in total. The van der Waals surface area contributed by atoms with Crippen molar-refractivity contribution >= 4 is 26.4 Å². The number of aryl methyl sites for hydroxylation is 1. The van der Waals surface area contributed by atoms with Gasteiger partial charge in [-0.05, 0) is 68.2 Å². The summed E-state index contributed by atoms with van der Waals surface area (Å²) in [4.78, 5) is 8.57. The third-order valence-electron chi connectivity index (χ3n) is 7.36. The molecule has 40 heavy (non-hydrogen) atoms. The van der Waals surface area contributed by atoms with E-state index in [1.54, 1.807) is 24.3 Å². The van der Waals surface area contributed by atoms with E-state index >= 15 is 0 Å². The Morgan fingerprint density at radius 1 is 1.02 bits per heavy atom. The lowest BCUT2D eigenvalue weighted by atomic mass is 10.1. The van der Waals surface area contributed by atoms with Crippen molar-refractivity contribution < 1.29 is 31.1 Å². The summed E-state index contributed by atoms with van der Waals surface area (Å²) in [6, 6.07) is 10.4. The second kappa shape index (κ2) is 12.7. The Morgan fingerprint density at radius 3 is 2.30 bits per heavy atom. The number of benzene rings is 2. The van der Waals surface area contributed by atoms with Crippen LogP contribution >= 0.6 is 0 Å². The number of piperidine rings is 1. The summed E-state index contributed by atoms with van der Waals surface area (Å²) in [7, 11) is -4.03. The quantitative estimate of drug-likeness (QED) is 0.282. The monoisotopic (exact) mass is 579 g/mol. The molecule has 0 spiro atoms. The number of likely N-dealkylation sites (N-methyl/N-ethyl adjacent to an activating group) is 1. The molecule has 0 unspecified atom stereocenters. The third kappa shape index (κ3) is 7.05. The summed E-state index contributed by atoms with van der Waals surface area (Å²) in [6.45, 7) is 10.5. The van der Waals surface area contributed by atoms with Crippen LogP contribution in [0, 0.1) is 0 Å². The molecule has 218 valence electrons. The summed E-state index contributed by atoms with van der Waals surface area (Å²) < 4.78 is 77.1. The van der Waals surface area contributed by atoms with Crippen LogP contribution in [0.2, 0.25) is 0 Å². The largest absolute Gasteiger partial charge is 0.573 e. The Hall–Kier alpha value is -2.89. The number of rotatable bonds is 11. The van der Waals surface area contributed by atoms with Crippen molar-refractivity contribution in [3.05, 3.63) is 54.2 Å². The van der Waals surface area contributed by atoms with Crippen LogP contribution in [-0.2, 0) is 21.0 Å². The first-order chi connectivity index (χ1) is 19.1. The molecule has 1 aliphatic heterocycles. The molecule has 0 amide bonds. The van der Waals surface area contributed by atoms with E-state index in [4.69, 9.17) is 4.74 Å². The van der Waals surface area contributed by atoms with E-state index in [2.05, 4.69) is 28.5 Å². The van der Waals surface area contributed by atoms with Crippen LogP contribution in [-0.4, -0.2) is 70.1 Å². The standard InChI is InChI=1S/C29H36F3N3O4S/c1-4-21-7-10-24(11-8-21)40(36,37)27-20-33-26-12-9-23(39-29(30,31)32)19-25(26)28(27)35-15-13-22(14-16-35)38-18-17-34(5-2)6-3/h7-12,19-20,22H,4-6,13-18H2,1-3H3. The molecule has 0 aliphatic carbocycles. The third-order valence-corrected chi connectivity index (χ3v) is 9.13. The number of hydrogen-bond acceptors (Lipinski definition) is 7. The molecule has 0 bridgehead atoms. The van der Waals surface area contributed by atoms with Crippen molar-refractivity contribution in [3.8, 4) is 5.75 Å². The molecule has 3 aromatic rings. The van der Waals surface area contributed by atoms with E-state index < -0.39 is 21.9 Å². The molecule has 4 rings (SSSR count). The second-order valence-corrected chi connectivity index (χ2v) is 11.7. The molecular weight excluding hydrogens is 543 g/mol. The van der Waals surface area contributed by atoms with Crippen molar-refractivity contribution in [2.24, 2.45) is 0 Å². The number of hydrogen-bond donors (Lipinski definition) is 0. The fourth-order valence-corrected chi connectivity index (χ4v) is 6.46. The smallest absolute Gasteiger partial charge is 0.406 e. The molecule has 1 aromatic heterocycles. The van der Waals surface area contributed by atoms with Gasteiger partial charge in [-0.3, -0.25) is 4.98 Å². The van der Waals surface area contributed by atoms with Gasteiger partial charge in [-0.15, -0.1) is 13.2 Å². The molecule has 0 N–H and O–H groups in total.